The van der Waals surface area contributed by atoms with Gasteiger partial charge in [0, 0.05) is 11.1 Å². The molecule has 0 atom stereocenters. The fourth-order valence-electron chi connectivity index (χ4n) is 2.12. The molecule has 108 valence electrons. The first-order chi connectivity index (χ1) is 10.0. The zero-order valence-corrected chi connectivity index (χ0v) is 10.9. The van der Waals surface area contributed by atoms with Gasteiger partial charge in [-0.15, -0.1) is 0 Å². The Balaban J connectivity index is 1.75. The molecule has 0 unspecified atom stereocenters. The average molecular weight is 291 g/mol. The lowest BCUT2D eigenvalue weighted by Gasteiger charge is -2.09. The van der Waals surface area contributed by atoms with Gasteiger partial charge in [0.05, 0.1) is 12.1 Å². The Morgan fingerprint density at radius 2 is 1.76 bits per heavy atom. The zero-order chi connectivity index (χ0) is 14.9. The summed E-state index contributed by atoms with van der Waals surface area (Å²) in [4.78, 5) is 0. The van der Waals surface area contributed by atoms with E-state index in [0.29, 0.717) is 18.0 Å². The molecule has 2 aromatic carbocycles. The van der Waals surface area contributed by atoms with Gasteiger partial charge in [0.15, 0.2) is 0 Å². The quantitative estimate of drug-likeness (QED) is 0.729. The van der Waals surface area contributed by atoms with Gasteiger partial charge in [-0.2, -0.15) is 13.2 Å². The van der Waals surface area contributed by atoms with E-state index in [1.165, 1.54) is 6.07 Å². The van der Waals surface area contributed by atoms with E-state index < -0.39 is 11.7 Å². The molecule has 1 heterocycles. The van der Waals surface area contributed by atoms with E-state index >= 15 is 0 Å². The third kappa shape index (κ3) is 3.02. The molecule has 0 radical (unpaired) electrons. The first kappa shape index (κ1) is 13.5. The molecule has 2 nitrogen and oxygen atoms in total. The molecule has 0 saturated heterocycles. The Labute approximate surface area is 119 Å². The number of para-hydroxylation sites is 1. The average Bonchev–Trinajstić information content (AvgIpc) is 2.87. The molecular weight excluding hydrogens is 279 g/mol. The molecule has 0 bridgehead atoms. The molecule has 0 saturated carbocycles. The molecule has 1 N–H and O–H groups in total. The normalized spacial score (nSPS) is 11.8. The van der Waals surface area contributed by atoms with Gasteiger partial charge in [-0.05, 0) is 30.3 Å². The van der Waals surface area contributed by atoms with E-state index in [1.54, 1.807) is 6.07 Å². The van der Waals surface area contributed by atoms with Crippen molar-refractivity contribution in [3.05, 3.63) is 65.9 Å². The molecule has 0 aliphatic rings. The maximum atomic E-state index is 12.6. The molecule has 21 heavy (non-hydrogen) atoms. The van der Waals surface area contributed by atoms with Crippen LogP contribution in [0.2, 0.25) is 0 Å². The van der Waals surface area contributed by atoms with Gasteiger partial charge in [0.2, 0.25) is 0 Å². The molecule has 3 aromatic rings. The maximum Gasteiger partial charge on any atom is 0.416 e. The fraction of sp³-hybridized carbons (Fsp3) is 0.125. The fourth-order valence-corrected chi connectivity index (χ4v) is 2.12. The van der Waals surface area contributed by atoms with Crippen LogP contribution in [0.25, 0.3) is 11.0 Å². The van der Waals surface area contributed by atoms with E-state index in [9.17, 15) is 13.2 Å². The highest BCUT2D eigenvalue weighted by Crippen LogP contribution is 2.30. The lowest BCUT2D eigenvalue weighted by atomic mass is 10.2. The molecule has 0 amide bonds. The second-order valence-electron chi connectivity index (χ2n) is 4.68. The van der Waals surface area contributed by atoms with Crippen LogP contribution in [0.4, 0.5) is 18.9 Å². The molecule has 0 aliphatic carbocycles. The van der Waals surface area contributed by atoms with Crippen molar-refractivity contribution in [3.63, 3.8) is 0 Å². The van der Waals surface area contributed by atoms with Crippen molar-refractivity contribution >= 4 is 16.7 Å². The van der Waals surface area contributed by atoms with Crippen LogP contribution in [0.15, 0.2) is 59.0 Å². The SMILES string of the molecule is FC(F)(F)c1cccc(NCc2cc3ccccc3o2)c1. The molecule has 0 fully saturated rings. The van der Waals surface area contributed by atoms with Crippen molar-refractivity contribution in [2.45, 2.75) is 12.7 Å². The summed E-state index contributed by atoms with van der Waals surface area (Å²) in [6.07, 6.45) is -4.34. The standard InChI is InChI=1S/C16H12F3NO/c17-16(18,19)12-5-3-6-13(9-12)20-10-14-8-11-4-1-2-7-15(11)21-14/h1-9,20H,10H2. The van der Waals surface area contributed by atoms with Gasteiger partial charge in [0.1, 0.15) is 11.3 Å². The van der Waals surface area contributed by atoms with Crippen LogP contribution >= 0.6 is 0 Å². The van der Waals surface area contributed by atoms with Crippen LogP contribution in [-0.2, 0) is 12.7 Å². The Morgan fingerprint density at radius 3 is 2.52 bits per heavy atom. The smallest absolute Gasteiger partial charge is 0.416 e. The number of furan rings is 1. The minimum atomic E-state index is -4.34. The van der Waals surface area contributed by atoms with Crippen molar-refractivity contribution in [2.24, 2.45) is 0 Å². The van der Waals surface area contributed by atoms with E-state index in [4.69, 9.17) is 4.42 Å². The predicted molar refractivity (Wildman–Crippen MR) is 75.0 cm³/mol. The van der Waals surface area contributed by atoms with E-state index in [2.05, 4.69) is 5.32 Å². The number of alkyl halides is 3. The van der Waals surface area contributed by atoms with Crippen molar-refractivity contribution in [1.82, 2.24) is 0 Å². The third-order valence-corrected chi connectivity index (χ3v) is 3.13. The van der Waals surface area contributed by atoms with E-state index in [0.717, 1.165) is 23.1 Å². The summed E-state index contributed by atoms with van der Waals surface area (Å²) in [6.45, 7) is 0.329. The summed E-state index contributed by atoms with van der Waals surface area (Å²) < 4.78 is 43.5. The van der Waals surface area contributed by atoms with Crippen LogP contribution in [-0.4, -0.2) is 0 Å². The van der Waals surface area contributed by atoms with Crippen LogP contribution in [0.3, 0.4) is 0 Å². The minimum absolute atomic E-state index is 0.329. The summed E-state index contributed by atoms with van der Waals surface area (Å²) in [5.74, 6) is 0.675. The lowest BCUT2D eigenvalue weighted by Crippen LogP contribution is -2.06. The highest BCUT2D eigenvalue weighted by atomic mass is 19.4. The lowest BCUT2D eigenvalue weighted by molar-refractivity contribution is -0.137. The molecule has 0 spiro atoms. The number of hydrogen-bond donors (Lipinski definition) is 1. The Bertz CT molecular complexity index is 728. The number of anilines is 1. The second kappa shape index (κ2) is 5.16. The van der Waals surface area contributed by atoms with Crippen LogP contribution in [0.5, 0.6) is 0 Å². The molecule has 1 aromatic heterocycles. The first-order valence-electron chi connectivity index (χ1n) is 6.41. The van der Waals surface area contributed by atoms with Crippen LogP contribution < -0.4 is 5.32 Å². The number of fused-ring (bicyclic) bond motifs is 1. The zero-order valence-electron chi connectivity index (χ0n) is 10.9. The summed E-state index contributed by atoms with van der Waals surface area (Å²) in [5, 5.41) is 3.91. The van der Waals surface area contributed by atoms with Crippen LogP contribution in [0.1, 0.15) is 11.3 Å². The predicted octanol–water partition coefficient (Wildman–Crippen LogP) is 5.06. The highest BCUT2D eigenvalue weighted by Gasteiger charge is 2.30. The van der Waals surface area contributed by atoms with Crippen LogP contribution in [0, 0.1) is 0 Å². The largest absolute Gasteiger partial charge is 0.459 e. The number of benzene rings is 2. The number of nitrogens with one attached hydrogen (secondary N) is 1. The van der Waals surface area contributed by atoms with Gasteiger partial charge < -0.3 is 9.73 Å². The van der Waals surface area contributed by atoms with Crippen molar-refractivity contribution < 1.29 is 17.6 Å². The second-order valence-corrected chi connectivity index (χ2v) is 4.68. The molecule has 5 heteroatoms. The first-order valence-corrected chi connectivity index (χ1v) is 6.41. The Kier molecular flexibility index (Phi) is 3.33. The topological polar surface area (TPSA) is 25.2 Å². The number of hydrogen-bond acceptors (Lipinski definition) is 2. The summed E-state index contributed by atoms with van der Waals surface area (Å²) in [5.41, 5.74) is 0.501. The van der Waals surface area contributed by atoms with E-state index in [-0.39, 0.29) is 0 Å². The Hall–Kier alpha value is -2.43. The molecular formula is C16H12F3NO. The van der Waals surface area contributed by atoms with Gasteiger partial charge >= 0.3 is 6.18 Å². The summed E-state index contributed by atoms with van der Waals surface area (Å²) >= 11 is 0. The van der Waals surface area contributed by atoms with Crippen molar-refractivity contribution in [3.8, 4) is 0 Å². The number of halogens is 3. The van der Waals surface area contributed by atoms with Gasteiger partial charge in [-0.3, -0.25) is 0 Å². The van der Waals surface area contributed by atoms with Crippen molar-refractivity contribution in [2.75, 3.05) is 5.32 Å². The monoisotopic (exact) mass is 291 g/mol. The number of rotatable bonds is 3. The van der Waals surface area contributed by atoms with E-state index in [1.807, 2.05) is 30.3 Å². The minimum Gasteiger partial charge on any atom is -0.459 e. The molecule has 0 aliphatic heterocycles. The van der Waals surface area contributed by atoms with Gasteiger partial charge in [-0.1, -0.05) is 24.3 Å². The highest BCUT2D eigenvalue weighted by molar-refractivity contribution is 5.77. The van der Waals surface area contributed by atoms with Gasteiger partial charge in [0.25, 0.3) is 0 Å². The van der Waals surface area contributed by atoms with Gasteiger partial charge in [-0.25, -0.2) is 0 Å². The maximum absolute atomic E-state index is 12.6. The summed E-state index contributed by atoms with van der Waals surface area (Å²) in [6, 6.07) is 14.5. The molecule has 3 rings (SSSR count). The summed E-state index contributed by atoms with van der Waals surface area (Å²) in [7, 11) is 0. The van der Waals surface area contributed by atoms with Crippen molar-refractivity contribution in [1.29, 1.82) is 0 Å². The Morgan fingerprint density at radius 1 is 0.952 bits per heavy atom. The third-order valence-electron chi connectivity index (χ3n) is 3.13.